The lowest BCUT2D eigenvalue weighted by Crippen LogP contribution is -2.64. The maximum Gasteiger partial charge on any atom is 0.156 e. The van der Waals surface area contributed by atoms with Crippen LogP contribution in [-0.4, -0.2) is 25.3 Å². The van der Waals surface area contributed by atoms with Crippen LogP contribution in [0.5, 0.6) is 0 Å². The quantitative estimate of drug-likeness (QED) is 0.484. The van der Waals surface area contributed by atoms with E-state index >= 15 is 0 Å². The number of hydrogen-bond donors (Lipinski definition) is 5. The van der Waals surface area contributed by atoms with Crippen molar-refractivity contribution in [3.8, 4) is 0 Å². The van der Waals surface area contributed by atoms with E-state index in [1.807, 2.05) is 18.2 Å². The van der Waals surface area contributed by atoms with Gasteiger partial charge >= 0.3 is 0 Å². The zero-order chi connectivity index (χ0) is 20.9. The number of nitrogens with one attached hydrogen (secondary N) is 5. The van der Waals surface area contributed by atoms with Crippen LogP contribution < -0.4 is 26.7 Å². The van der Waals surface area contributed by atoms with Gasteiger partial charge in [0.05, 0.1) is 6.17 Å². The van der Waals surface area contributed by atoms with E-state index in [1.165, 1.54) is 17.5 Å². The second-order valence-electron chi connectivity index (χ2n) is 8.48. The number of benzene rings is 2. The topological polar surface area (TPSA) is 69.4 Å². The highest BCUT2D eigenvalue weighted by Crippen LogP contribution is 2.26. The molecule has 2 fully saturated rings. The highest BCUT2D eigenvalue weighted by atomic mass is 16.7. The molecule has 6 nitrogen and oxygen atoms in total. The second kappa shape index (κ2) is 10.0. The van der Waals surface area contributed by atoms with Crippen molar-refractivity contribution >= 4 is 0 Å². The van der Waals surface area contributed by atoms with E-state index in [9.17, 15) is 0 Å². The lowest BCUT2D eigenvalue weighted by atomic mass is 9.94. The molecule has 2 aromatic carbocycles. The fourth-order valence-electron chi connectivity index (χ4n) is 4.31. The Morgan fingerprint density at radius 1 is 0.967 bits per heavy atom. The standard InChI is InChI=1S/C24H35N5O/c1-4-16(2)21-23(26-15-14-25-21)27-17(3)18-10-12-19(13-11-18)22-28-24(30-29-22)20-8-6-5-7-9-20/h5-13,16-17,21-29H,4,14-15H2,1-3H3/t16?,17-,21?,22?,23?,24?/m1/s1. The minimum absolute atomic E-state index is 0.0217. The Labute approximate surface area is 180 Å². The number of hydrogen-bond acceptors (Lipinski definition) is 6. The Hall–Kier alpha value is -1.80. The van der Waals surface area contributed by atoms with Gasteiger partial charge in [0.15, 0.2) is 6.23 Å². The van der Waals surface area contributed by atoms with Gasteiger partial charge in [0, 0.05) is 25.2 Å². The Morgan fingerprint density at radius 3 is 2.43 bits per heavy atom. The smallest absolute Gasteiger partial charge is 0.156 e. The first-order valence-electron chi connectivity index (χ1n) is 11.2. The molecule has 4 rings (SSSR count). The summed E-state index contributed by atoms with van der Waals surface area (Å²) in [6.45, 7) is 8.85. The lowest BCUT2D eigenvalue weighted by Gasteiger charge is -2.39. The van der Waals surface area contributed by atoms with Crippen LogP contribution in [0, 0.1) is 5.92 Å². The van der Waals surface area contributed by atoms with Crippen molar-refractivity contribution < 1.29 is 4.84 Å². The van der Waals surface area contributed by atoms with Crippen LogP contribution in [0.4, 0.5) is 0 Å². The van der Waals surface area contributed by atoms with E-state index in [-0.39, 0.29) is 24.6 Å². The van der Waals surface area contributed by atoms with Crippen LogP contribution in [0.2, 0.25) is 0 Å². The molecule has 2 aliphatic rings. The molecular formula is C24H35N5O. The molecule has 6 heteroatoms. The minimum Gasteiger partial charge on any atom is -0.310 e. The SMILES string of the molecule is CCC(C)C1NCCNC1N[C@H](C)c1ccc(C2NOC(c3ccccc3)N2)cc1. The van der Waals surface area contributed by atoms with Crippen LogP contribution in [0.15, 0.2) is 54.6 Å². The molecule has 6 atom stereocenters. The molecule has 30 heavy (non-hydrogen) atoms. The van der Waals surface area contributed by atoms with Crippen LogP contribution in [-0.2, 0) is 4.84 Å². The van der Waals surface area contributed by atoms with Gasteiger partial charge in [-0.2, -0.15) is 5.48 Å². The molecule has 5 unspecified atom stereocenters. The van der Waals surface area contributed by atoms with Gasteiger partial charge in [-0.1, -0.05) is 74.9 Å². The van der Waals surface area contributed by atoms with Crippen molar-refractivity contribution in [2.45, 2.75) is 57.8 Å². The van der Waals surface area contributed by atoms with E-state index in [0.717, 1.165) is 18.7 Å². The highest BCUT2D eigenvalue weighted by molar-refractivity contribution is 5.28. The normalized spacial score (nSPS) is 28.9. The van der Waals surface area contributed by atoms with E-state index < -0.39 is 0 Å². The monoisotopic (exact) mass is 409 g/mol. The average Bonchev–Trinajstić information content (AvgIpc) is 3.30. The van der Waals surface area contributed by atoms with Gasteiger partial charge in [-0.05, 0) is 29.5 Å². The van der Waals surface area contributed by atoms with E-state index in [0.29, 0.717) is 12.0 Å². The minimum atomic E-state index is -0.140. The largest absolute Gasteiger partial charge is 0.310 e. The van der Waals surface area contributed by atoms with Crippen molar-refractivity contribution in [1.82, 2.24) is 26.7 Å². The first-order valence-corrected chi connectivity index (χ1v) is 11.2. The fraction of sp³-hybridized carbons (Fsp3) is 0.500. The van der Waals surface area contributed by atoms with Crippen LogP contribution >= 0.6 is 0 Å². The Balaban J connectivity index is 1.36. The summed E-state index contributed by atoms with van der Waals surface area (Å²) >= 11 is 0. The molecule has 0 spiro atoms. The molecule has 0 aromatic heterocycles. The molecule has 0 radical (unpaired) electrons. The summed E-state index contributed by atoms with van der Waals surface area (Å²) in [4.78, 5) is 5.74. The second-order valence-corrected chi connectivity index (χ2v) is 8.48. The fourth-order valence-corrected chi connectivity index (χ4v) is 4.31. The third-order valence-corrected chi connectivity index (χ3v) is 6.41. The van der Waals surface area contributed by atoms with E-state index in [2.05, 4.69) is 83.9 Å². The molecule has 0 bridgehead atoms. The van der Waals surface area contributed by atoms with Crippen molar-refractivity contribution in [3.05, 3.63) is 71.3 Å². The maximum atomic E-state index is 5.74. The summed E-state index contributed by atoms with van der Waals surface area (Å²) in [5, 5.41) is 14.6. The molecule has 2 aromatic rings. The van der Waals surface area contributed by atoms with Gasteiger partial charge in [0.1, 0.15) is 6.17 Å². The summed E-state index contributed by atoms with van der Waals surface area (Å²) in [7, 11) is 0. The third-order valence-electron chi connectivity index (χ3n) is 6.41. The van der Waals surface area contributed by atoms with Gasteiger partial charge in [-0.25, -0.2) is 0 Å². The molecule has 0 saturated carbocycles. The van der Waals surface area contributed by atoms with Crippen LogP contribution in [0.25, 0.3) is 0 Å². The van der Waals surface area contributed by atoms with Crippen molar-refractivity contribution in [2.24, 2.45) is 5.92 Å². The predicted octanol–water partition coefficient (Wildman–Crippen LogP) is 3.09. The highest BCUT2D eigenvalue weighted by Gasteiger charge is 2.30. The predicted molar refractivity (Wildman–Crippen MR) is 120 cm³/mol. The van der Waals surface area contributed by atoms with Crippen molar-refractivity contribution in [3.63, 3.8) is 0 Å². The first kappa shape index (κ1) is 21.4. The van der Waals surface area contributed by atoms with Gasteiger partial charge in [0.25, 0.3) is 0 Å². The third kappa shape index (κ3) is 4.91. The molecule has 2 heterocycles. The van der Waals surface area contributed by atoms with Crippen molar-refractivity contribution in [1.29, 1.82) is 0 Å². The summed E-state index contributed by atoms with van der Waals surface area (Å²) < 4.78 is 0. The summed E-state index contributed by atoms with van der Waals surface area (Å²) in [6.07, 6.45) is 1.29. The van der Waals surface area contributed by atoms with E-state index in [4.69, 9.17) is 4.84 Å². The van der Waals surface area contributed by atoms with Crippen LogP contribution in [0.3, 0.4) is 0 Å². The summed E-state index contributed by atoms with van der Waals surface area (Å²) in [5.74, 6) is 0.627. The average molecular weight is 410 g/mol. The van der Waals surface area contributed by atoms with Gasteiger partial charge in [-0.3, -0.25) is 20.8 Å². The zero-order valence-corrected chi connectivity index (χ0v) is 18.2. The molecule has 2 aliphatic heterocycles. The first-order chi connectivity index (χ1) is 14.7. The summed E-state index contributed by atoms with van der Waals surface area (Å²) in [6, 6.07) is 19.7. The molecular weight excluding hydrogens is 374 g/mol. The Bertz CT molecular complexity index is 784. The zero-order valence-electron chi connectivity index (χ0n) is 18.2. The summed E-state index contributed by atoms with van der Waals surface area (Å²) in [5.41, 5.74) is 6.68. The maximum absolute atomic E-state index is 5.74. The molecule has 0 aliphatic carbocycles. The van der Waals surface area contributed by atoms with Gasteiger partial charge in [0.2, 0.25) is 0 Å². The molecule has 5 N–H and O–H groups in total. The number of piperazine rings is 1. The van der Waals surface area contributed by atoms with Crippen molar-refractivity contribution in [2.75, 3.05) is 13.1 Å². The van der Waals surface area contributed by atoms with Gasteiger partial charge in [-0.15, -0.1) is 0 Å². The number of hydroxylamine groups is 1. The Kier molecular flexibility index (Phi) is 7.15. The van der Waals surface area contributed by atoms with E-state index in [1.54, 1.807) is 0 Å². The number of rotatable bonds is 7. The molecule has 2 saturated heterocycles. The lowest BCUT2D eigenvalue weighted by molar-refractivity contribution is 0.0214. The molecule has 162 valence electrons. The Morgan fingerprint density at radius 2 is 1.70 bits per heavy atom. The van der Waals surface area contributed by atoms with Gasteiger partial charge < -0.3 is 5.32 Å². The molecule has 0 amide bonds. The van der Waals surface area contributed by atoms with Crippen LogP contribution in [0.1, 0.15) is 62.3 Å².